The third kappa shape index (κ3) is 5.46. The number of nitrogens with zero attached hydrogens (tertiary/aromatic N) is 1. The van der Waals surface area contributed by atoms with Crippen molar-refractivity contribution in [3.05, 3.63) is 100 Å². The van der Waals surface area contributed by atoms with Gasteiger partial charge < -0.3 is 18.2 Å². The van der Waals surface area contributed by atoms with Crippen LogP contribution in [0.15, 0.2) is 87.7 Å². The van der Waals surface area contributed by atoms with Crippen molar-refractivity contribution in [1.29, 1.82) is 0 Å². The number of methoxy groups -OCH3 is 1. The highest BCUT2D eigenvalue weighted by molar-refractivity contribution is 7.87. The third-order valence-corrected chi connectivity index (χ3v) is 6.96. The Morgan fingerprint density at radius 2 is 1.82 bits per heavy atom. The quantitative estimate of drug-likeness (QED) is 0.297. The molecule has 176 valence electrons. The predicted octanol–water partition coefficient (Wildman–Crippen LogP) is 5.10. The molecule has 2 aromatic heterocycles. The molecule has 0 spiro atoms. The number of thiophene rings is 1. The van der Waals surface area contributed by atoms with Crippen molar-refractivity contribution in [1.82, 2.24) is 4.90 Å². The van der Waals surface area contributed by atoms with Gasteiger partial charge in [0.2, 0.25) is 0 Å². The van der Waals surface area contributed by atoms with Crippen LogP contribution in [-0.4, -0.2) is 26.3 Å². The molecule has 0 N–H and O–H groups in total. The van der Waals surface area contributed by atoms with E-state index < -0.39 is 15.9 Å². The van der Waals surface area contributed by atoms with E-state index in [1.54, 1.807) is 41.3 Å². The number of carbonyl (C=O) groups is 1. The molecule has 0 atom stereocenters. The first-order valence-corrected chi connectivity index (χ1v) is 12.4. The standard InChI is InChI=1S/C24H20FNO6S2/c1-30-21-11-6-17(14-22(21)32-34(28,29)20-9-7-18(25)8-10-20)15-26(16-19-4-2-12-31-19)24(27)23-5-3-13-33-23/h2-14H,15-16H2,1H3. The van der Waals surface area contributed by atoms with Crippen molar-refractivity contribution in [2.45, 2.75) is 18.0 Å². The highest BCUT2D eigenvalue weighted by Gasteiger charge is 2.22. The van der Waals surface area contributed by atoms with Crippen molar-refractivity contribution < 1.29 is 30.9 Å². The number of amides is 1. The smallest absolute Gasteiger partial charge is 0.339 e. The molecule has 0 aliphatic rings. The minimum atomic E-state index is -4.24. The molecule has 0 radical (unpaired) electrons. The number of rotatable bonds is 9. The van der Waals surface area contributed by atoms with E-state index in [-0.39, 0.29) is 35.4 Å². The fraction of sp³-hybridized carbons (Fsp3) is 0.125. The van der Waals surface area contributed by atoms with E-state index in [1.807, 2.05) is 5.38 Å². The first-order valence-electron chi connectivity index (χ1n) is 10.1. The molecule has 0 aliphatic heterocycles. The van der Waals surface area contributed by atoms with Gasteiger partial charge in [0.1, 0.15) is 16.5 Å². The minimum absolute atomic E-state index is 0.0501. The Morgan fingerprint density at radius 3 is 2.47 bits per heavy atom. The second-order valence-electron chi connectivity index (χ2n) is 7.19. The van der Waals surface area contributed by atoms with Crippen LogP contribution in [0, 0.1) is 5.82 Å². The fourth-order valence-electron chi connectivity index (χ4n) is 3.22. The van der Waals surface area contributed by atoms with Gasteiger partial charge in [0, 0.05) is 6.54 Å². The van der Waals surface area contributed by atoms with Gasteiger partial charge in [-0.15, -0.1) is 11.3 Å². The molecule has 0 saturated heterocycles. The molecule has 10 heteroatoms. The number of hydrogen-bond acceptors (Lipinski definition) is 7. The van der Waals surface area contributed by atoms with Crippen LogP contribution in [0.25, 0.3) is 0 Å². The molecule has 1 amide bonds. The van der Waals surface area contributed by atoms with E-state index in [2.05, 4.69) is 0 Å². The number of carbonyl (C=O) groups excluding carboxylic acids is 1. The molecular weight excluding hydrogens is 481 g/mol. The normalized spacial score (nSPS) is 11.2. The SMILES string of the molecule is COc1ccc(CN(Cc2ccco2)C(=O)c2cccs2)cc1OS(=O)(=O)c1ccc(F)cc1. The zero-order valence-electron chi connectivity index (χ0n) is 18.0. The highest BCUT2D eigenvalue weighted by Crippen LogP contribution is 2.32. The van der Waals surface area contributed by atoms with Crippen LogP contribution in [0.1, 0.15) is 21.0 Å². The van der Waals surface area contributed by atoms with Crippen LogP contribution >= 0.6 is 11.3 Å². The molecule has 0 aliphatic carbocycles. The summed E-state index contributed by atoms with van der Waals surface area (Å²) in [6.45, 7) is 0.383. The maximum atomic E-state index is 13.2. The lowest BCUT2D eigenvalue weighted by Crippen LogP contribution is -2.29. The number of halogens is 1. The van der Waals surface area contributed by atoms with Gasteiger partial charge in [-0.05, 0) is 65.5 Å². The van der Waals surface area contributed by atoms with Gasteiger partial charge in [0.15, 0.2) is 11.5 Å². The third-order valence-electron chi connectivity index (χ3n) is 4.85. The van der Waals surface area contributed by atoms with Gasteiger partial charge in [-0.2, -0.15) is 8.42 Å². The Hall–Kier alpha value is -3.63. The van der Waals surface area contributed by atoms with Gasteiger partial charge in [-0.3, -0.25) is 4.79 Å². The summed E-state index contributed by atoms with van der Waals surface area (Å²) in [5.41, 5.74) is 0.613. The Balaban J connectivity index is 1.62. The lowest BCUT2D eigenvalue weighted by atomic mass is 10.1. The van der Waals surface area contributed by atoms with E-state index in [0.29, 0.717) is 16.2 Å². The lowest BCUT2D eigenvalue weighted by Gasteiger charge is -2.22. The minimum Gasteiger partial charge on any atom is -0.493 e. The second kappa shape index (κ2) is 10.1. The summed E-state index contributed by atoms with van der Waals surface area (Å²) in [6.07, 6.45) is 1.53. The Bertz CT molecular complexity index is 1350. The summed E-state index contributed by atoms with van der Waals surface area (Å²) < 4.78 is 54.6. The zero-order valence-corrected chi connectivity index (χ0v) is 19.6. The van der Waals surface area contributed by atoms with Crippen molar-refractivity contribution in [3.63, 3.8) is 0 Å². The van der Waals surface area contributed by atoms with Crippen LogP contribution in [-0.2, 0) is 23.2 Å². The Kier molecular flexibility index (Phi) is 6.99. The number of benzene rings is 2. The maximum Gasteiger partial charge on any atom is 0.339 e. The molecule has 0 bridgehead atoms. The average Bonchev–Trinajstić information content (AvgIpc) is 3.53. The van der Waals surface area contributed by atoms with E-state index >= 15 is 0 Å². The van der Waals surface area contributed by atoms with Crippen molar-refractivity contribution in [2.75, 3.05) is 7.11 Å². The fourth-order valence-corrected chi connectivity index (χ4v) is 4.84. The summed E-state index contributed by atoms with van der Waals surface area (Å²) in [5, 5.41) is 1.82. The van der Waals surface area contributed by atoms with E-state index in [1.165, 1.54) is 30.8 Å². The zero-order chi connectivity index (χ0) is 24.1. The first-order chi connectivity index (χ1) is 16.4. The van der Waals surface area contributed by atoms with Gasteiger partial charge in [-0.1, -0.05) is 12.1 Å². The number of hydrogen-bond donors (Lipinski definition) is 0. The molecule has 4 aromatic rings. The summed E-state index contributed by atoms with van der Waals surface area (Å²) in [7, 11) is -2.86. The first kappa shape index (κ1) is 23.5. The molecule has 0 fully saturated rings. The largest absolute Gasteiger partial charge is 0.493 e. The van der Waals surface area contributed by atoms with Crippen molar-refractivity contribution in [3.8, 4) is 11.5 Å². The van der Waals surface area contributed by atoms with E-state index in [0.717, 1.165) is 24.3 Å². The van der Waals surface area contributed by atoms with Crippen molar-refractivity contribution in [2.24, 2.45) is 0 Å². The molecule has 7 nitrogen and oxygen atoms in total. The van der Waals surface area contributed by atoms with Crippen LogP contribution in [0.5, 0.6) is 11.5 Å². The van der Waals surface area contributed by atoms with Crippen LogP contribution in [0.3, 0.4) is 0 Å². The number of furan rings is 1. The topological polar surface area (TPSA) is 86.0 Å². The molecule has 34 heavy (non-hydrogen) atoms. The van der Waals surface area contributed by atoms with Gasteiger partial charge in [0.25, 0.3) is 5.91 Å². The van der Waals surface area contributed by atoms with E-state index in [4.69, 9.17) is 13.3 Å². The number of ether oxygens (including phenoxy) is 1. The Labute approximate surface area is 200 Å². The molecule has 0 saturated carbocycles. The molecule has 2 aromatic carbocycles. The average molecular weight is 502 g/mol. The van der Waals surface area contributed by atoms with Gasteiger partial charge in [-0.25, -0.2) is 4.39 Å². The maximum absolute atomic E-state index is 13.2. The predicted molar refractivity (Wildman–Crippen MR) is 124 cm³/mol. The van der Waals surface area contributed by atoms with Gasteiger partial charge in [0.05, 0.1) is 24.8 Å². The van der Waals surface area contributed by atoms with Crippen LogP contribution in [0.4, 0.5) is 4.39 Å². The second-order valence-corrected chi connectivity index (χ2v) is 9.69. The molecular formula is C24H20FNO6S2. The molecule has 0 unspecified atom stereocenters. The summed E-state index contributed by atoms with van der Waals surface area (Å²) in [6, 6.07) is 16.1. The summed E-state index contributed by atoms with van der Waals surface area (Å²) >= 11 is 1.33. The lowest BCUT2D eigenvalue weighted by molar-refractivity contribution is 0.0722. The van der Waals surface area contributed by atoms with Crippen LogP contribution < -0.4 is 8.92 Å². The van der Waals surface area contributed by atoms with Gasteiger partial charge >= 0.3 is 10.1 Å². The summed E-state index contributed by atoms with van der Waals surface area (Å²) in [5.74, 6) is -0.00886. The molecule has 2 heterocycles. The van der Waals surface area contributed by atoms with Crippen LogP contribution in [0.2, 0.25) is 0 Å². The van der Waals surface area contributed by atoms with E-state index in [9.17, 15) is 17.6 Å². The monoisotopic (exact) mass is 501 g/mol. The highest BCUT2D eigenvalue weighted by atomic mass is 32.2. The van der Waals surface area contributed by atoms with Crippen molar-refractivity contribution >= 4 is 27.4 Å². The Morgan fingerprint density at radius 1 is 1.03 bits per heavy atom. The summed E-state index contributed by atoms with van der Waals surface area (Å²) in [4.78, 5) is 15.1. The molecule has 4 rings (SSSR count).